The highest BCUT2D eigenvalue weighted by Gasteiger charge is 2.51. The van der Waals surface area contributed by atoms with Crippen molar-refractivity contribution in [2.24, 2.45) is 5.41 Å². The minimum atomic E-state index is -0.152. The van der Waals surface area contributed by atoms with Crippen LogP contribution in [0.5, 0.6) is 0 Å². The van der Waals surface area contributed by atoms with Crippen molar-refractivity contribution in [3.8, 4) is 11.5 Å². The summed E-state index contributed by atoms with van der Waals surface area (Å²) in [6.07, 6.45) is 6.79. The fourth-order valence-corrected chi connectivity index (χ4v) is 5.17. The van der Waals surface area contributed by atoms with Gasteiger partial charge < -0.3 is 14.1 Å². The number of rotatable bonds is 3. The van der Waals surface area contributed by atoms with Gasteiger partial charge in [0.15, 0.2) is 0 Å². The number of carbonyl (C=O) groups is 1. The molecule has 1 amide bonds. The number of carbonyl (C=O) groups excluding carboxylic acids is 1. The number of nitrogens with zero attached hydrogens (tertiary/aromatic N) is 5. The maximum absolute atomic E-state index is 13.6. The second-order valence-corrected chi connectivity index (χ2v) is 8.78. The van der Waals surface area contributed by atoms with Gasteiger partial charge in [0.1, 0.15) is 5.69 Å². The Morgan fingerprint density at radius 3 is 2.67 bits per heavy atom. The number of likely N-dealkylation sites (tertiary alicyclic amines) is 1. The number of benzene rings is 1. The van der Waals surface area contributed by atoms with E-state index in [1.165, 1.54) is 0 Å². The van der Waals surface area contributed by atoms with Crippen molar-refractivity contribution in [2.75, 3.05) is 26.3 Å². The van der Waals surface area contributed by atoms with Crippen LogP contribution >= 0.6 is 0 Å². The lowest BCUT2D eigenvalue weighted by Crippen LogP contribution is -2.37. The fraction of sp³-hybridized carbons (Fsp3) is 0.320. The molecule has 33 heavy (non-hydrogen) atoms. The van der Waals surface area contributed by atoms with Gasteiger partial charge >= 0.3 is 0 Å². The van der Waals surface area contributed by atoms with Crippen molar-refractivity contribution in [2.45, 2.75) is 18.8 Å². The predicted octanol–water partition coefficient (Wildman–Crippen LogP) is 3.72. The third kappa shape index (κ3) is 3.47. The van der Waals surface area contributed by atoms with Gasteiger partial charge in [0.2, 0.25) is 11.8 Å². The molecule has 0 aliphatic carbocycles. The summed E-state index contributed by atoms with van der Waals surface area (Å²) < 4.78 is 11.8. The van der Waals surface area contributed by atoms with Gasteiger partial charge in [-0.2, -0.15) is 0 Å². The lowest BCUT2D eigenvalue weighted by molar-refractivity contribution is 0.00906. The van der Waals surface area contributed by atoms with E-state index in [-0.39, 0.29) is 17.2 Å². The van der Waals surface area contributed by atoms with E-state index in [4.69, 9.17) is 9.15 Å². The Morgan fingerprint density at radius 2 is 1.82 bits per heavy atom. The van der Waals surface area contributed by atoms with Crippen LogP contribution in [-0.2, 0) is 4.74 Å². The van der Waals surface area contributed by atoms with Crippen LogP contribution in [0, 0.1) is 5.41 Å². The largest absolute Gasteiger partial charge is 0.420 e. The van der Waals surface area contributed by atoms with Gasteiger partial charge in [-0.3, -0.25) is 14.8 Å². The summed E-state index contributed by atoms with van der Waals surface area (Å²) in [5.41, 5.74) is 1.16. The van der Waals surface area contributed by atoms with Crippen LogP contribution in [-0.4, -0.2) is 57.3 Å². The Morgan fingerprint density at radius 1 is 1.00 bits per heavy atom. The Hall–Kier alpha value is -3.65. The molecule has 2 fully saturated rings. The van der Waals surface area contributed by atoms with Crippen molar-refractivity contribution in [3.05, 3.63) is 72.6 Å². The smallest absolute Gasteiger partial charge is 0.273 e. The molecule has 0 saturated carbocycles. The van der Waals surface area contributed by atoms with E-state index in [2.05, 4.69) is 20.2 Å². The van der Waals surface area contributed by atoms with Crippen LogP contribution in [0.4, 0.5) is 0 Å². The SMILES string of the molecule is O=C(c1nccc2ccccc12)N1CC(c2nnc(-c3ccncc3)o2)C2(CCOCC2)C1. The molecule has 3 aromatic heterocycles. The molecule has 6 rings (SSSR count). The highest BCUT2D eigenvalue weighted by molar-refractivity contribution is 6.05. The average molecular weight is 441 g/mol. The second-order valence-electron chi connectivity index (χ2n) is 8.78. The molecule has 2 aliphatic heterocycles. The third-order valence-electron chi connectivity index (χ3n) is 6.97. The summed E-state index contributed by atoms with van der Waals surface area (Å²) >= 11 is 0. The van der Waals surface area contributed by atoms with Gasteiger partial charge in [-0.1, -0.05) is 24.3 Å². The van der Waals surface area contributed by atoms with Gasteiger partial charge in [0.25, 0.3) is 5.91 Å². The fourth-order valence-electron chi connectivity index (χ4n) is 5.17. The first-order valence-electron chi connectivity index (χ1n) is 11.2. The molecule has 0 bridgehead atoms. The maximum atomic E-state index is 13.6. The highest BCUT2D eigenvalue weighted by Crippen LogP contribution is 2.49. The average Bonchev–Trinajstić information content (AvgIpc) is 3.50. The van der Waals surface area contributed by atoms with E-state index in [0.29, 0.717) is 43.8 Å². The molecule has 8 heteroatoms. The minimum absolute atomic E-state index is 0.0524. The number of pyridine rings is 2. The summed E-state index contributed by atoms with van der Waals surface area (Å²) in [5, 5.41) is 10.6. The standard InChI is InChI=1S/C25H23N5O3/c31-24(21-19-4-2-1-3-17(19)7-12-27-21)30-15-20(25(16-30)8-13-32-14-9-25)23-29-28-22(33-23)18-5-10-26-11-6-18/h1-7,10-12,20H,8-9,13-16H2. The van der Waals surface area contributed by atoms with Gasteiger partial charge in [0.05, 0.1) is 5.92 Å². The monoisotopic (exact) mass is 441 g/mol. The molecule has 2 saturated heterocycles. The summed E-state index contributed by atoms with van der Waals surface area (Å²) in [7, 11) is 0. The molecule has 4 aromatic rings. The minimum Gasteiger partial charge on any atom is -0.420 e. The Labute approximate surface area is 190 Å². The molecular formula is C25H23N5O3. The quantitative estimate of drug-likeness (QED) is 0.478. The molecule has 5 heterocycles. The zero-order valence-corrected chi connectivity index (χ0v) is 18.1. The molecule has 1 unspecified atom stereocenters. The summed E-state index contributed by atoms with van der Waals surface area (Å²) in [6, 6.07) is 13.5. The lowest BCUT2D eigenvalue weighted by atomic mass is 9.72. The van der Waals surface area contributed by atoms with Gasteiger partial charge in [-0.15, -0.1) is 10.2 Å². The number of aromatic nitrogens is 4. The molecular weight excluding hydrogens is 418 g/mol. The molecule has 8 nitrogen and oxygen atoms in total. The van der Waals surface area contributed by atoms with Crippen LogP contribution in [0.1, 0.15) is 35.1 Å². The number of hydrogen-bond acceptors (Lipinski definition) is 7. The number of fused-ring (bicyclic) bond motifs is 1. The van der Waals surface area contributed by atoms with Gasteiger partial charge in [0, 0.05) is 61.3 Å². The van der Waals surface area contributed by atoms with Crippen molar-refractivity contribution < 1.29 is 13.9 Å². The molecule has 1 atom stereocenters. The van der Waals surface area contributed by atoms with Crippen LogP contribution < -0.4 is 0 Å². The van der Waals surface area contributed by atoms with E-state index in [1.54, 1.807) is 18.6 Å². The number of hydrogen-bond donors (Lipinski definition) is 0. The summed E-state index contributed by atoms with van der Waals surface area (Å²) in [4.78, 5) is 24.1. The zero-order chi connectivity index (χ0) is 22.3. The topological polar surface area (TPSA) is 94.2 Å². The van der Waals surface area contributed by atoms with Crippen molar-refractivity contribution in [3.63, 3.8) is 0 Å². The van der Waals surface area contributed by atoms with Crippen molar-refractivity contribution in [1.29, 1.82) is 0 Å². The Bertz CT molecular complexity index is 1290. The molecule has 0 radical (unpaired) electrons. The van der Waals surface area contributed by atoms with Crippen molar-refractivity contribution in [1.82, 2.24) is 25.1 Å². The first-order valence-corrected chi connectivity index (χ1v) is 11.2. The molecule has 166 valence electrons. The molecule has 1 spiro atoms. The van der Waals surface area contributed by atoms with Crippen LogP contribution in [0.2, 0.25) is 0 Å². The first-order chi connectivity index (χ1) is 16.2. The van der Waals surface area contributed by atoms with Gasteiger partial charge in [-0.05, 0) is 36.4 Å². The predicted molar refractivity (Wildman–Crippen MR) is 120 cm³/mol. The molecule has 0 N–H and O–H groups in total. The van der Waals surface area contributed by atoms with Crippen LogP contribution in [0.3, 0.4) is 0 Å². The van der Waals surface area contributed by atoms with E-state index in [9.17, 15) is 4.79 Å². The van der Waals surface area contributed by atoms with Crippen LogP contribution in [0.15, 0.2) is 65.5 Å². The van der Waals surface area contributed by atoms with Crippen molar-refractivity contribution >= 4 is 16.7 Å². The van der Waals surface area contributed by atoms with E-state index >= 15 is 0 Å². The zero-order valence-electron chi connectivity index (χ0n) is 18.1. The van der Waals surface area contributed by atoms with E-state index in [0.717, 1.165) is 29.2 Å². The third-order valence-corrected chi connectivity index (χ3v) is 6.97. The number of amides is 1. The second kappa shape index (κ2) is 8.04. The summed E-state index contributed by atoms with van der Waals surface area (Å²) in [6.45, 7) is 2.46. The molecule has 2 aliphatic rings. The van der Waals surface area contributed by atoms with Gasteiger partial charge in [-0.25, -0.2) is 0 Å². The lowest BCUT2D eigenvalue weighted by Gasteiger charge is -2.36. The normalized spacial score (nSPS) is 19.9. The Kier molecular flexibility index (Phi) is 4.87. The Balaban J connectivity index is 1.35. The van der Waals surface area contributed by atoms with E-state index in [1.807, 2.05) is 47.4 Å². The van der Waals surface area contributed by atoms with E-state index < -0.39 is 0 Å². The molecule has 1 aromatic carbocycles. The first kappa shape index (κ1) is 20.0. The van der Waals surface area contributed by atoms with Crippen LogP contribution in [0.25, 0.3) is 22.2 Å². The highest BCUT2D eigenvalue weighted by atomic mass is 16.5. The maximum Gasteiger partial charge on any atom is 0.273 e. The number of ether oxygens (including phenoxy) is 1. The summed E-state index contributed by atoms with van der Waals surface area (Å²) in [5.74, 6) is 0.928.